The summed E-state index contributed by atoms with van der Waals surface area (Å²) in [5, 5.41) is 15.7. The van der Waals surface area contributed by atoms with Gasteiger partial charge in [-0.1, -0.05) is 16.8 Å². The Hall–Kier alpha value is -2.37. The molecular formula is C11H11N3O3. The van der Waals surface area contributed by atoms with Crippen molar-refractivity contribution in [3.63, 3.8) is 0 Å². The highest BCUT2D eigenvalue weighted by molar-refractivity contribution is 5.96. The minimum atomic E-state index is -0.379. The molecule has 2 aromatic rings. The first-order valence-corrected chi connectivity index (χ1v) is 5.00. The van der Waals surface area contributed by atoms with E-state index in [1.807, 2.05) is 6.92 Å². The molecule has 1 aromatic carbocycles. The molecule has 0 atom stereocenters. The molecule has 2 N–H and O–H groups in total. The molecule has 0 spiro atoms. The quantitative estimate of drug-likeness (QED) is 0.826. The van der Waals surface area contributed by atoms with Crippen LogP contribution in [0.2, 0.25) is 0 Å². The Morgan fingerprint density at radius 1 is 1.53 bits per heavy atom. The highest BCUT2D eigenvalue weighted by Crippen LogP contribution is 2.17. The van der Waals surface area contributed by atoms with Crippen LogP contribution in [-0.2, 0) is 6.54 Å². The standard InChI is InChI=1S/C11H11N3O3/c1-7-2-3-9(15)8(4-7)11(16)12-5-10-13-6-17-14-10/h2-4,6,15H,5H2,1H3,(H,12,16). The molecule has 1 amide bonds. The molecule has 2 rings (SSSR count). The summed E-state index contributed by atoms with van der Waals surface area (Å²) in [4.78, 5) is 15.5. The molecule has 1 heterocycles. The zero-order chi connectivity index (χ0) is 12.3. The van der Waals surface area contributed by atoms with E-state index in [9.17, 15) is 9.90 Å². The fourth-order valence-corrected chi connectivity index (χ4v) is 1.36. The molecule has 0 fully saturated rings. The van der Waals surface area contributed by atoms with Crippen molar-refractivity contribution in [1.29, 1.82) is 0 Å². The molecule has 0 bridgehead atoms. The van der Waals surface area contributed by atoms with Crippen molar-refractivity contribution in [3.8, 4) is 5.75 Å². The fraction of sp³-hybridized carbons (Fsp3) is 0.182. The van der Waals surface area contributed by atoms with Gasteiger partial charge >= 0.3 is 0 Å². The van der Waals surface area contributed by atoms with E-state index < -0.39 is 0 Å². The maximum Gasteiger partial charge on any atom is 0.255 e. The summed E-state index contributed by atoms with van der Waals surface area (Å²) in [5.74, 6) is -0.0531. The van der Waals surface area contributed by atoms with Crippen molar-refractivity contribution in [1.82, 2.24) is 15.5 Å². The first kappa shape index (κ1) is 11.1. The molecule has 0 aliphatic heterocycles. The number of phenols is 1. The van der Waals surface area contributed by atoms with Crippen LogP contribution < -0.4 is 5.32 Å². The number of rotatable bonds is 3. The zero-order valence-electron chi connectivity index (χ0n) is 9.17. The minimum Gasteiger partial charge on any atom is -0.507 e. The number of aromatic hydroxyl groups is 1. The summed E-state index contributed by atoms with van der Waals surface area (Å²) in [6.07, 6.45) is 1.19. The van der Waals surface area contributed by atoms with Crippen LogP contribution in [0.3, 0.4) is 0 Å². The predicted octanol–water partition coefficient (Wildman–Crippen LogP) is 1.01. The SMILES string of the molecule is Cc1ccc(O)c(C(=O)NCc2ncon2)c1. The largest absolute Gasteiger partial charge is 0.507 e. The minimum absolute atomic E-state index is 0.0544. The van der Waals surface area contributed by atoms with E-state index >= 15 is 0 Å². The number of carbonyl (C=O) groups is 1. The maximum absolute atomic E-state index is 11.8. The number of phenolic OH excluding ortho intramolecular Hbond substituents is 1. The monoisotopic (exact) mass is 233 g/mol. The number of nitrogens with one attached hydrogen (secondary N) is 1. The Morgan fingerprint density at radius 2 is 2.35 bits per heavy atom. The summed E-state index contributed by atoms with van der Waals surface area (Å²) in [7, 11) is 0. The topological polar surface area (TPSA) is 88.2 Å². The fourth-order valence-electron chi connectivity index (χ4n) is 1.36. The lowest BCUT2D eigenvalue weighted by molar-refractivity contribution is 0.0947. The van der Waals surface area contributed by atoms with Crippen molar-refractivity contribution in [2.45, 2.75) is 13.5 Å². The van der Waals surface area contributed by atoms with E-state index in [1.54, 1.807) is 12.1 Å². The van der Waals surface area contributed by atoms with Gasteiger partial charge in [-0.3, -0.25) is 4.79 Å². The lowest BCUT2D eigenvalue weighted by Crippen LogP contribution is -2.23. The highest BCUT2D eigenvalue weighted by atomic mass is 16.5. The van der Waals surface area contributed by atoms with Gasteiger partial charge < -0.3 is 14.9 Å². The second-order valence-electron chi connectivity index (χ2n) is 3.55. The Morgan fingerprint density at radius 3 is 3.06 bits per heavy atom. The third kappa shape index (κ3) is 2.60. The summed E-state index contributed by atoms with van der Waals surface area (Å²) in [6.45, 7) is 2.00. The van der Waals surface area contributed by atoms with E-state index in [4.69, 9.17) is 0 Å². The van der Waals surface area contributed by atoms with Crippen LogP contribution in [0.25, 0.3) is 0 Å². The molecule has 0 unspecified atom stereocenters. The van der Waals surface area contributed by atoms with E-state index in [0.29, 0.717) is 5.82 Å². The number of nitrogens with zero attached hydrogens (tertiary/aromatic N) is 2. The van der Waals surface area contributed by atoms with Gasteiger partial charge in [0.15, 0.2) is 5.82 Å². The second kappa shape index (κ2) is 4.65. The summed E-state index contributed by atoms with van der Waals surface area (Å²) in [5.41, 5.74) is 1.13. The van der Waals surface area contributed by atoms with Gasteiger partial charge in [0, 0.05) is 0 Å². The summed E-state index contributed by atoms with van der Waals surface area (Å²) < 4.78 is 4.53. The van der Waals surface area contributed by atoms with Gasteiger partial charge in [0.05, 0.1) is 12.1 Å². The molecule has 0 aliphatic rings. The Labute approximate surface area is 97.3 Å². The molecular weight excluding hydrogens is 222 g/mol. The van der Waals surface area contributed by atoms with Crippen LogP contribution >= 0.6 is 0 Å². The molecule has 88 valence electrons. The summed E-state index contributed by atoms with van der Waals surface area (Å²) in [6, 6.07) is 4.82. The average molecular weight is 233 g/mol. The lowest BCUT2D eigenvalue weighted by Gasteiger charge is -2.05. The third-order valence-electron chi connectivity index (χ3n) is 2.21. The van der Waals surface area contributed by atoms with Gasteiger partial charge in [0.25, 0.3) is 5.91 Å². The first-order valence-electron chi connectivity index (χ1n) is 5.00. The normalized spacial score (nSPS) is 10.2. The number of aromatic nitrogens is 2. The molecule has 0 radical (unpaired) electrons. The van der Waals surface area contributed by atoms with E-state index in [1.165, 1.54) is 12.5 Å². The van der Waals surface area contributed by atoms with Gasteiger partial charge in [-0.05, 0) is 19.1 Å². The maximum atomic E-state index is 11.8. The van der Waals surface area contributed by atoms with Crippen molar-refractivity contribution >= 4 is 5.91 Å². The summed E-state index contributed by atoms with van der Waals surface area (Å²) >= 11 is 0. The molecule has 17 heavy (non-hydrogen) atoms. The molecule has 1 aromatic heterocycles. The number of hydrogen-bond acceptors (Lipinski definition) is 5. The number of hydrogen-bond donors (Lipinski definition) is 2. The molecule has 0 saturated carbocycles. The van der Waals surface area contributed by atoms with Crippen LogP contribution in [0.4, 0.5) is 0 Å². The van der Waals surface area contributed by atoms with Crippen molar-refractivity contribution in [2.24, 2.45) is 0 Å². The van der Waals surface area contributed by atoms with Crippen LogP contribution in [-0.4, -0.2) is 21.2 Å². The van der Waals surface area contributed by atoms with Crippen molar-refractivity contribution in [3.05, 3.63) is 41.5 Å². The molecule has 0 aliphatic carbocycles. The van der Waals surface area contributed by atoms with Gasteiger partial charge in [0.1, 0.15) is 5.75 Å². The average Bonchev–Trinajstić information content (AvgIpc) is 2.82. The number of benzene rings is 1. The molecule has 0 saturated heterocycles. The second-order valence-corrected chi connectivity index (χ2v) is 3.55. The predicted molar refractivity (Wildman–Crippen MR) is 58.3 cm³/mol. The van der Waals surface area contributed by atoms with Gasteiger partial charge in [-0.25, -0.2) is 0 Å². The van der Waals surface area contributed by atoms with Crippen LogP contribution in [0.5, 0.6) is 5.75 Å². The Kier molecular flexibility index (Phi) is 3.04. The van der Waals surface area contributed by atoms with Gasteiger partial charge in [0.2, 0.25) is 6.39 Å². The van der Waals surface area contributed by atoms with E-state index in [2.05, 4.69) is 20.0 Å². The van der Waals surface area contributed by atoms with E-state index in [-0.39, 0.29) is 23.8 Å². The number of carbonyl (C=O) groups excluding carboxylic acids is 1. The highest BCUT2D eigenvalue weighted by Gasteiger charge is 2.11. The zero-order valence-corrected chi connectivity index (χ0v) is 9.17. The van der Waals surface area contributed by atoms with E-state index in [0.717, 1.165) is 5.56 Å². The van der Waals surface area contributed by atoms with Crippen LogP contribution in [0, 0.1) is 6.92 Å². The van der Waals surface area contributed by atoms with Gasteiger partial charge in [-0.2, -0.15) is 4.98 Å². The third-order valence-corrected chi connectivity index (χ3v) is 2.21. The van der Waals surface area contributed by atoms with Crippen molar-refractivity contribution in [2.75, 3.05) is 0 Å². The number of aryl methyl sites for hydroxylation is 1. The van der Waals surface area contributed by atoms with Crippen molar-refractivity contribution < 1.29 is 14.4 Å². The molecule has 6 heteroatoms. The smallest absolute Gasteiger partial charge is 0.255 e. The van der Waals surface area contributed by atoms with Crippen LogP contribution in [0.1, 0.15) is 21.7 Å². The Bertz CT molecular complexity index is 523. The molecule has 6 nitrogen and oxygen atoms in total. The van der Waals surface area contributed by atoms with Crippen LogP contribution in [0.15, 0.2) is 29.1 Å². The number of amides is 1. The Balaban J connectivity index is 2.07. The van der Waals surface area contributed by atoms with Gasteiger partial charge in [-0.15, -0.1) is 0 Å². The first-order chi connectivity index (χ1) is 8.16. The lowest BCUT2D eigenvalue weighted by atomic mass is 10.1.